The lowest BCUT2D eigenvalue weighted by Crippen LogP contribution is -2.34. The molecule has 2 N–H and O–H groups in total. The number of carbonyl (C=O) groups excluding carboxylic acids is 1. The third-order valence-electron chi connectivity index (χ3n) is 3.75. The molecular formula is C15H23N3O3. The standard InChI is InChI=1S/C15H23N3O3/c1-11(6-5-9-16)15(19)17(3)12(2)13-7-4-8-14(10-13)18(20)21/h4,7-8,10-12H,5-6,9,16H2,1-3H3. The Morgan fingerprint density at radius 3 is 2.67 bits per heavy atom. The number of carbonyl (C=O) groups is 1. The van der Waals surface area contributed by atoms with Crippen molar-refractivity contribution in [2.24, 2.45) is 11.7 Å². The molecule has 21 heavy (non-hydrogen) atoms. The lowest BCUT2D eigenvalue weighted by atomic mass is 10.0. The number of nitro benzene ring substituents is 1. The first-order chi connectivity index (χ1) is 9.88. The van der Waals surface area contributed by atoms with Crippen LogP contribution in [-0.4, -0.2) is 29.3 Å². The van der Waals surface area contributed by atoms with Crippen molar-refractivity contribution in [2.45, 2.75) is 32.7 Å². The lowest BCUT2D eigenvalue weighted by Gasteiger charge is -2.28. The third kappa shape index (κ3) is 4.53. The fraction of sp³-hybridized carbons (Fsp3) is 0.533. The van der Waals surface area contributed by atoms with Gasteiger partial charge in [-0.25, -0.2) is 0 Å². The van der Waals surface area contributed by atoms with Crippen LogP contribution in [0.25, 0.3) is 0 Å². The van der Waals surface area contributed by atoms with Crippen molar-refractivity contribution in [1.82, 2.24) is 4.90 Å². The Morgan fingerprint density at radius 2 is 2.10 bits per heavy atom. The van der Waals surface area contributed by atoms with Crippen molar-refractivity contribution in [1.29, 1.82) is 0 Å². The largest absolute Gasteiger partial charge is 0.339 e. The average molecular weight is 293 g/mol. The Kier molecular flexibility index (Phi) is 6.30. The van der Waals surface area contributed by atoms with Gasteiger partial charge in [0.1, 0.15) is 0 Å². The van der Waals surface area contributed by atoms with E-state index >= 15 is 0 Å². The summed E-state index contributed by atoms with van der Waals surface area (Å²) in [6.07, 6.45) is 1.56. The van der Waals surface area contributed by atoms with Gasteiger partial charge in [-0.2, -0.15) is 0 Å². The van der Waals surface area contributed by atoms with Gasteiger partial charge in [0.15, 0.2) is 0 Å². The zero-order valence-electron chi connectivity index (χ0n) is 12.8. The predicted octanol–water partition coefficient (Wildman–Crippen LogP) is 2.49. The molecule has 0 saturated heterocycles. The van der Waals surface area contributed by atoms with Crippen molar-refractivity contribution in [3.8, 4) is 0 Å². The molecule has 0 aliphatic heterocycles. The van der Waals surface area contributed by atoms with Crippen LogP contribution in [0.1, 0.15) is 38.3 Å². The molecule has 0 spiro atoms. The number of non-ortho nitro benzene ring substituents is 1. The van der Waals surface area contributed by atoms with Crippen LogP contribution in [0.2, 0.25) is 0 Å². The Morgan fingerprint density at radius 1 is 1.43 bits per heavy atom. The van der Waals surface area contributed by atoms with Gasteiger partial charge in [0.2, 0.25) is 5.91 Å². The van der Waals surface area contributed by atoms with Crippen molar-refractivity contribution in [2.75, 3.05) is 13.6 Å². The van der Waals surface area contributed by atoms with Gasteiger partial charge in [-0.15, -0.1) is 0 Å². The summed E-state index contributed by atoms with van der Waals surface area (Å²) in [4.78, 5) is 24.4. The molecule has 1 amide bonds. The van der Waals surface area contributed by atoms with Crippen molar-refractivity contribution >= 4 is 11.6 Å². The van der Waals surface area contributed by atoms with Gasteiger partial charge in [-0.1, -0.05) is 19.1 Å². The summed E-state index contributed by atoms with van der Waals surface area (Å²) in [5, 5.41) is 10.8. The molecular weight excluding hydrogens is 270 g/mol. The van der Waals surface area contributed by atoms with E-state index in [2.05, 4.69) is 0 Å². The topological polar surface area (TPSA) is 89.5 Å². The second-order valence-corrected chi connectivity index (χ2v) is 5.31. The van der Waals surface area contributed by atoms with Crippen LogP contribution in [0.5, 0.6) is 0 Å². The number of hydrogen-bond donors (Lipinski definition) is 1. The third-order valence-corrected chi connectivity index (χ3v) is 3.75. The molecule has 0 bridgehead atoms. The van der Waals surface area contributed by atoms with Gasteiger partial charge in [0, 0.05) is 25.1 Å². The molecule has 1 rings (SSSR count). The highest BCUT2D eigenvalue weighted by Gasteiger charge is 2.23. The van der Waals surface area contributed by atoms with Gasteiger partial charge < -0.3 is 10.6 Å². The van der Waals surface area contributed by atoms with Gasteiger partial charge in [0.05, 0.1) is 11.0 Å². The maximum Gasteiger partial charge on any atom is 0.269 e. The Balaban J connectivity index is 2.82. The van der Waals surface area contributed by atoms with Gasteiger partial charge in [-0.3, -0.25) is 14.9 Å². The molecule has 0 aliphatic rings. The molecule has 0 saturated carbocycles. The summed E-state index contributed by atoms with van der Waals surface area (Å²) in [7, 11) is 1.73. The lowest BCUT2D eigenvalue weighted by molar-refractivity contribution is -0.384. The minimum absolute atomic E-state index is 0.0301. The number of rotatable bonds is 7. The fourth-order valence-corrected chi connectivity index (χ4v) is 2.21. The van der Waals surface area contributed by atoms with E-state index in [0.29, 0.717) is 6.54 Å². The van der Waals surface area contributed by atoms with Crippen molar-refractivity contribution in [3.63, 3.8) is 0 Å². The number of nitrogens with zero attached hydrogens (tertiary/aromatic N) is 2. The number of benzene rings is 1. The Bertz CT molecular complexity index is 505. The van der Waals surface area contributed by atoms with E-state index in [1.807, 2.05) is 13.8 Å². The molecule has 0 heterocycles. The quantitative estimate of drug-likeness (QED) is 0.617. The number of nitro groups is 1. The average Bonchev–Trinajstić information content (AvgIpc) is 2.50. The van der Waals surface area contributed by atoms with Crippen LogP contribution in [0.15, 0.2) is 24.3 Å². The van der Waals surface area contributed by atoms with Gasteiger partial charge in [-0.05, 0) is 31.9 Å². The minimum atomic E-state index is -0.429. The molecule has 2 atom stereocenters. The number of nitrogens with two attached hydrogens (primary N) is 1. The number of hydrogen-bond acceptors (Lipinski definition) is 4. The molecule has 6 heteroatoms. The van der Waals surface area contributed by atoms with E-state index in [9.17, 15) is 14.9 Å². The zero-order valence-corrected chi connectivity index (χ0v) is 12.8. The maximum atomic E-state index is 12.3. The monoisotopic (exact) mass is 293 g/mol. The summed E-state index contributed by atoms with van der Waals surface area (Å²) in [6.45, 7) is 4.32. The highest BCUT2D eigenvalue weighted by atomic mass is 16.6. The van der Waals surface area contributed by atoms with Crippen molar-refractivity contribution < 1.29 is 9.72 Å². The highest BCUT2D eigenvalue weighted by Crippen LogP contribution is 2.24. The molecule has 1 aromatic carbocycles. The molecule has 116 valence electrons. The van der Waals surface area contributed by atoms with Crippen molar-refractivity contribution in [3.05, 3.63) is 39.9 Å². The van der Waals surface area contributed by atoms with Crippen LogP contribution in [0.4, 0.5) is 5.69 Å². The van der Waals surface area contributed by atoms with E-state index in [1.54, 1.807) is 24.1 Å². The van der Waals surface area contributed by atoms with Gasteiger partial charge >= 0.3 is 0 Å². The minimum Gasteiger partial charge on any atom is -0.339 e. The molecule has 1 aromatic rings. The zero-order chi connectivity index (χ0) is 16.0. The van der Waals surface area contributed by atoms with Crippen LogP contribution in [0, 0.1) is 16.0 Å². The molecule has 0 fully saturated rings. The van der Waals surface area contributed by atoms with Gasteiger partial charge in [0.25, 0.3) is 5.69 Å². The SMILES string of the molecule is CC(CCCN)C(=O)N(C)C(C)c1cccc([N+](=O)[O-])c1. The summed E-state index contributed by atoms with van der Waals surface area (Å²) >= 11 is 0. The van der Waals surface area contributed by atoms with E-state index in [1.165, 1.54) is 12.1 Å². The van der Waals surface area contributed by atoms with Crippen LogP contribution < -0.4 is 5.73 Å². The van der Waals surface area contributed by atoms with E-state index in [0.717, 1.165) is 18.4 Å². The molecule has 0 aromatic heterocycles. The summed E-state index contributed by atoms with van der Waals surface area (Å²) in [6, 6.07) is 6.19. The Labute approximate surface area is 125 Å². The fourth-order valence-electron chi connectivity index (χ4n) is 2.21. The summed E-state index contributed by atoms with van der Waals surface area (Å²) in [5.41, 5.74) is 6.25. The smallest absolute Gasteiger partial charge is 0.269 e. The molecule has 6 nitrogen and oxygen atoms in total. The predicted molar refractivity (Wildman–Crippen MR) is 81.7 cm³/mol. The van der Waals surface area contributed by atoms with Crippen LogP contribution in [0.3, 0.4) is 0 Å². The summed E-state index contributed by atoms with van der Waals surface area (Å²) in [5.74, 6) is -0.0674. The molecule has 0 aliphatic carbocycles. The highest BCUT2D eigenvalue weighted by molar-refractivity contribution is 5.78. The second kappa shape index (κ2) is 7.73. The maximum absolute atomic E-state index is 12.3. The van der Waals surface area contributed by atoms with E-state index < -0.39 is 4.92 Å². The summed E-state index contributed by atoms with van der Waals surface area (Å²) < 4.78 is 0. The second-order valence-electron chi connectivity index (χ2n) is 5.31. The molecule has 2 unspecified atom stereocenters. The van der Waals surface area contributed by atoms with Crippen LogP contribution >= 0.6 is 0 Å². The first-order valence-corrected chi connectivity index (χ1v) is 7.09. The first kappa shape index (κ1) is 17.1. The Hall–Kier alpha value is -1.95. The number of amides is 1. The normalized spacial score (nSPS) is 13.5. The van der Waals surface area contributed by atoms with Crippen LogP contribution in [-0.2, 0) is 4.79 Å². The first-order valence-electron chi connectivity index (χ1n) is 7.09. The van der Waals surface area contributed by atoms with E-state index in [4.69, 9.17) is 5.73 Å². The molecule has 0 radical (unpaired) electrons. The van der Waals surface area contributed by atoms with E-state index in [-0.39, 0.29) is 23.6 Å².